The highest BCUT2D eigenvalue weighted by Crippen LogP contribution is 2.29. The van der Waals surface area contributed by atoms with Gasteiger partial charge in [-0.15, -0.1) is 0 Å². The zero-order chi connectivity index (χ0) is 27.4. The smallest absolute Gasteiger partial charge is 0.313 e. The van der Waals surface area contributed by atoms with E-state index < -0.39 is 11.8 Å². The van der Waals surface area contributed by atoms with Gasteiger partial charge in [-0.2, -0.15) is 0 Å². The summed E-state index contributed by atoms with van der Waals surface area (Å²) in [5.74, 6) is -0.759. The summed E-state index contributed by atoms with van der Waals surface area (Å²) in [6.45, 7) is 0.858. The van der Waals surface area contributed by atoms with Crippen LogP contribution in [0, 0.1) is 0 Å². The second-order valence-corrected chi connectivity index (χ2v) is 10.5. The van der Waals surface area contributed by atoms with Crippen LogP contribution in [0.2, 0.25) is 5.02 Å². The van der Waals surface area contributed by atoms with Crippen molar-refractivity contribution in [3.63, 3.8) is 0 Å². The summed E-state index contributed by atoms with van der Waals surface area (Å²) in [6, 6.07) is 21.5. The summed E-state index contributed by atoms with van der Waals surface area (Å²) in [5, 5.41) is 5.58. The minimum Gasteiger partial charge on any atom is -0.342 e. The first-order valence-electron chi connectivity index (χ1n) is 12.4. The number of nitrogens with one attached hydrogen (secondary N) is 3. The third-order valence-electron chi connectivity index (χ3n) is 6.62. The molecule has 0 spiro atoms. The van der Waals surface area contributed by atoms with Crippen molar-refractivity contribution >= 4 is 56.6 Å². The molecule has 1 aromatic heterocycles. The number of nitrogens with zero attached hydrogens (tertiary/aromatic N) is 2. The molecule has 0 atom stereocenters. The van der Waals surface area contributed by atoms with Crippen LogP contribution in [0.5, 0.6) is 0 Å². The molecule has 0 aliphatic carbocycles. The summed E-state index contributed by atoms with van der Waals surface area (Å²) < 4.78 is 1.01. The molecule has 39 heavy (non-hydrogen) atoms. The van der Waals surface area contributed by atoms with Crippen molar-refractivity contribution in [1.82, 2.24) is 14.9 Å². The normalized spacial score (nSPS) is 13.6. The number of hydrogen-bond donors (Lipinski definition) is 3. The Bertz CT molecular complexity index is 1500. The number of halogens is 2. The number of piperidine rings is 1. The lowest BCUT2D eigenvalue weighted by Crippen LogP contribution is -2.44. The van der Waals surface area contributed by atoms with E-state index in [1.165, 1.54) is 17.0 Å². The number of hydrogen-bond acceptors (Lipinski definition) is 4. The number of likely N-dealkylation sites (tertiary alicyclic amines) is 1. The van der Waals surface area contributed by atoms with Crippen LogP contribution in [0.1, 0.15) is 34.9 Å². The zero-order valence-corrected chi connectivity index (χ0v) is 23.1. The maximum atomic E-state index is 12.9. The Morgan fingerprint density at radius 3 is 2.38 bits per heavy atom. The Labute approximate surface area is 238 Å². The largest absolute Gasteiger partial charge is 0.342 e. The topological polar surface area (TPSA) is 107 Å². The number of rotatable bonds is 5. The van der Waals surface area contributed by atoms with Gasteiger partial charge in [-0.3, -0.25) is 14.4 Å². The maximum absolute atomic E-state index is 12.9. The fourth-order valence-electron chi connectivity index (χ4n) is 4.48. The van der Waals surface area contributed by atoms with Gasteiger partial charge in [0.15, 0.2) is 0 Å². The van der Waals surface area contributed by atoms with E-state index in [4.69, 9.17) is 11.6 Å². The number of amides is 3. The predicted octanol–water partition coefficient (Wildman–Crippen LogP) is 6.09. The first kappa shape index (κ1) is 26.6. The van der Waals surface area contributed by atoms with Crippen LogP contribution in [0.4, 0.5) is 11.4 Å². The molecule has 8 nitrogen and oxygen atoms in total. The Morgan fingerprint density at radius 1 is 0.949 bits per heavy atom. The van der Waals surface area contributed by atoms with E-state index in [0.29, 0.717) is 37.2 Å². The van der Waals surface area contributed by atoms with Gasteiger partial charge in [-0.1, -0.05) is 57.9 Å². The van der Waals surface area contributed by atoms with Crippen LogP contribution < -0.4 is 10.6 Å². The monoisotopic (exact) mass is 605 g/mol. The molecular weight excluding hydrogens is 582 g/mol. The molecule has 0 bridgehead atoms. The first-order chi connectivity index (χ1) is 18.9. The molecule has 0 unspecified atom stereocenters. The lowest BCUT2D eigenvalue weighted by Gasteiger charge is -2.30. The highest BCUT2D eigenvalue weighted by atomic mass is 79.9. The van der Waals surface area contributed by atoms with Gasteiger partial charge in [0.05, 0.1) is 22.6 Å². The van der Waals surface area contributed by atoms with E-state index in [9.17, 15) is 14.4 Å². The van der Waals surface area contributed by atoms with E-state index in [1.54, 1.807) is 18.2 Å². The number of benzene rings is 3. The Balaban J connectivity index is 1.17. The van der Waals surface area contributed by atoms with Crippen molar-refractivity contribution in [3.05, 3.63) is 99.9 Å². The fourth-order valence-corrected chi connectivity index (χ4v) is 4.91. The molecule has 10 heteroatoms. The predicted molar refractivity (Wildman–Crippen MR) is 155 cm³/mol. The second kappa shape index (κ2) is 11.8. The highest BCUT2D eigenvalue weighted by Gasteiger charge is 2.29. The third-order valence-corrected chi connectivity index (χ3v) is 7.48. The van der Waals surface area contributed by atoms with Gasteiger partial charge < -0.3 is 20.5 Å². The molecule has 3 amide bonds. The SMILES string of the molecule is O=C(Nc1cc(C(=O)Nc2ccccc2)ccc1Cl)C(=O)N1CCC(c2ncc(-c3ccc(Br)cc3)[nH]2)CC1. The number of carbonyl (C=O) groups excluding carboxylic acids is 3. The molecule has 0 saturated carbocycles. The summed E-state index contributed by atoms with van der Waals surface area (Å²) in [7, 11) is 0. The van der Waals surface area contributed by atoms with Crippen LogP contribution in [0.15, 0.2) is 83.5 Å². The average molecular weight is 607 g/mol. The van der Waals surface area contributed by atoms with Crippen LogP contribution in [-0.4, -0.2) is 45.7 Å². The Hall–Kier alpha value is -3.95. The average Bonchev–Trinajstić information content (AvgIpc) is 3.45. The quantitative estimate of drug-likeness (QED) is 0.239. The van der Waals surface area contributed by atoms with Gasteiger partial charge in [0.1, 0.15) is 5.82 Å². The lowest BCUT2D eigenvalue weighted by atomic mass is 9.96. The van der Waals surface area contributed by atoms with Crippen LogP contribution in [0.3, 0.4) is 0 Å². The molecule has 3 aromatic carbocycles. The maximum Gasteiger partial charge on any atom is 0.313 e. The van der Waals surface area contributed by atoms with Gasteiger partial charge in [0.2, 0.25) is 0 Å². The van der Waals surface area contributed by atoms with E-state index in [1.807, 2.05) is 48.7 Å². The van der Waals surface area contributed by atoms with Crippen molar-refractivity contribution < 1.29 is 14.4 Å². The Morgan fingerprint density at radius 2 is 1.67 bits per heavy atom. The van der Waals surface area contributed by atoms with E-state index >= 15 is 0 Å². The molecule has 1 fully saturated rings. The minimum absolute atomic E-state index is 0.163. The number of aromatic nitrogens is 2. The number of imidazole rings is 1. The van der Waals surface area contributed by atoms with E-state index in [0.717, 1.165) is 21.6 Å². The molecular formula is C29H25BrClN5O3. The summed E-state index contributed by atoms with van der Waals surface area (Å²) in [4.78, 5) is 47.8. The number of aromatic amines is 1. The molecule has 1 saturated heterocycles. The first-order valence-corrected chi connectivity index (χ1v) is 13.6. The minimum atomic E-state index is -0.800. The van der Waals surface area contributed by atoms with Gasteiger partial charge in [0.25, 0.3) is 5.91 Å². The summed E-state index contributed by atoms with van der Waals surface area (Å²) >= 11 is 9.70. The van der Waals surface area contributed by atoms with Gasteiger partial charge in [-0.05, 0) is 60.9 Å². The number of H-pyrrole nitrogens is 1. The van der Waals surface area contributed by atoms with Crippen LogP contribution >= 0.6 is 27.5 Å². The zero-order valence-electron chi connectivity index (χ0n) is 20.8. The Kier molecular flexibility index (Phi) is 8.09. The summed E-state index contributed by atoms with van der Waals surface area (Å²) in [5.41, 5.74) is 3.11. The van der Waals surface area contributed by atoms with Crippen molar-refractivity contribution in [1.29, 1.82) is 0 Å². The lowest BCUT2D eigenvalue weighted by molar-refractivity contribution is -0.143. The van der Waals surface area contributed by atoms with Crippen molar-refractivity contribution in [2.45, 2.75) is 18.8 Å². The molecule has 2 heterocycles. The van der Waals surface area contributed by atoms with Gasteiger partial charge in [0, 0.05) is 34.7 Å². The van der Waals surface area contributed by atoms with E-state index in [-0.39, 0.29) is 22.5 Å². The molecule has 3 N–H and O–H groups in total. The van der Waals surface area contributed by atoms with Crippen molar-refractivity contribution in [2.75, 3.05) is 23.7 Å². The third kappa shape index (κ3) is 6.38. The number of carbonyl (C=O) groups is 3. The number of para-hydroxylation sites is 1. The van der Waals surface area contributed by atoms with Gasteiger partial charge >= 0.3 is 11.8 Å². The van der Waals surface area contributed by atoms with Crippen LogP contribution in [-0.2, 0) is 9.59 Å². The van der Waals surface area contributed by atoms with Crippen molar-refractivity contribution in [3.8, 4) is 11.3 Å². The fraction of sp³-hybridized carbons (Fsp3) is 0.172. The van der Waals surface area contributed by atoms with Crippen LogP contribution in [0.25, 0.3) is 11.3 Å². The highest BCUT2D eigenvalue weighted by molar-refractivity contribution is 9.10. The van der Waals surface area contributed by atoms with Gasteiger partial charge in [-0.25, -0.2) is 4.98 Å². The molecule has 198 valence electrons. The molecule has 4 aromatic rings. The summed E-state index contributed by atoms with van der Waals surface area (Å²) in [6.07, 6.45) is 3.19. The number of anilines is 2. The molecule has 0 radical (unpaired) electrons. The molecule has 1 aliphatic heterocycles. The standard InChI is InChI=1S/C29H25BrClN5O3/c30-21-9-6-18(7-10-21)25-17-32-26(34-25)19-12-14-36(15-13-19)29(39)28(38)35-24-16-20(8-11-23(24)31)27(37)33-22-4-2-1-3-5-22/h1-11,16-17,19H,12-15H2,(H,32,34)(H,33,37)(H,35,38). The molecule has 1 aliphatic rings. The van der Waals surface area contributed by atoms with E-state index in [2.05, 4.69) is 36.5 Å². The molecule has 5 rings (SSSR count). The second-order valence-electron chi connectivity index (χ2n) is 9.22. The van der Waals surface area contributed by atoms with Crippen molar-refractivity contribution in [2.24, 2.45) is 0 Å².